The molecule has 0 atom stereocenters. The molecule has 1 aromatic carbocycles. The van der Waals surface area contributed by atoms with Crippen LogP contribution in [0.4, 0.5) is 13.6 Å². The third kappa shape index (κ3) is 6.22. The first-order chi connectivity index (χ1) is 10.9. The quantitative estimate of drug-likeness (QED) is 0.859. The Bertz CT molecular complexity index is 526. The van der Waals surface area contributed by atoms with Crippen molar-refractivity contribution in [1.82, 2.24) is 5.48 Å². The van der Waals surface area contributed by atoms with Gasteiger partial charge in [-0.25, -0.2) is 18.4 Å². The molecule has 126 valence electrons. The van der Waals surface area contributed by atoms with E-state index < -0.39 is 18.0 Å². The largest absolute Gasteiger partial charge is 0.443 e. The summed E-state index contributed by atoms with van der Waals surface area (Å²) in [5, 5.41) is 0. The number of carbonyl (C=O) groups excluding carboxylic acids is 2. The molecule has 0 spiro atoms. The van der Waals surface area contributed by atoms with E-state index in [2.05, 4.69) is 4.84 Å². The Morgan fingerprint density at radius 2 is 1.83 bits per heavy atom. The normalized spacial score (nSPS) is 17.3. The lowest BCUT2D eigenvalue weighted by Crippen LogP contribution is -2.30. The lowest BCUT2D eigenvalue weighted by atomic mass is 9.85. The molecule has 1 aliphatic carbocycles. The molecule has 0 unspecified atom stereocenters. The first-order valence-electron chi connectivity index (χ1n) is 7.49. The Hall–Kier alpha value is -2.18. The van der Waals surface area contributed by atoms with Gasteiger partial charge in [0.1, 0.15) is 6.61 Å². The van der Waals surface area contributed by atoms with Crippen molar-refractivity contribution in [2.24, 2.45) is 5.92 Å². The van der Waals surface area contributed by atoms with Crippen LogP contribution in [0.5, 0.6) is 0 Å². The summed E-state index contributed by atoms with van der Waals surface area (Å²) in [6, 6.07) is 9.04. The van der Waals surface area contributed by atoms with Crippen LogP contribution in [0.2, 0.25) is 0 Å². The molecule has 1 aliphatic rings. The van der Waals surface area contributed by atoms with Gasteiger partial charge in [-0.2, -0.15) is 0 Å². The maximum atomic E-state index is 13.0. The lowest BCUT2D eigenvalue weighted by Gasteiger charge is -2.27. The molecule has 7 heteroatoms. The van der Waals surface area contributed by atoms with Gasteiger partial charge in [-0.15, -0.1) is 5.48 Å². The van der Waals surface area contributed by atoms with Gasteiger partial charge in [-0.05, 0) is 24.3 Å². The fourth-order valence-corrected chi connectivity index (χ4v) is 2.43. The predicted molar refractivity (Wildman–Crippen MR) is 77.4 cm³/mol. The van der Waals surface area contributed by atoms with Crippen molar-refractivity contribution < 1.29 is 27.9 Å². The highest BCUT2D eigenvalue weighted by molar-refractivity contribution is 5.73. The molecule has 0 saturated heterocycles. The number of hydroxylamine groups is 1. The summed E-state index contributed by atoms with van der Waals surface area (Å²) in [5.41, 5.74) is 2.70. The summed E-state index contributed by atoms with van der Waals surface area (Å²) in [6.07, 6.45) is -0.733. The van der Waals surface area contributed by atoms with Crippen molar-refractivity contribution in [2.75, 3.05) is 0 Å². The Kier molecular flexibility index (Phi) is 5.90. The molecule has 1 amide bonds. The minimum atomic E-state index is -2.63. The fourth-order valence-electron chi connectivity index (χ4n) is 2.43. The molecule has 0 radical (unpaired) electrons. The van der Waals surface area contributed by atoms with Gasteiger partial charge in [-0.1, -0.05) is 30.3 Å². The third-order valence-electron chi connectivity index (χ3n) is 3.75. The average molecular weight is 327 g/mol. The number of amides is 1. The van der Waals surface area contributed by atoms with Gasteiger partial charge in [0.05, 0.1) is 6.42 Å². The summed E-state index contributed by atoms with van der Waals surface area (Å²) >= 11 is 0. The Balaban J connectivity index is 1.61. The second-order valence-corrected chi connectivity index (χ2v) is 5.64. The zero-order chi connectivity index (χ0) is 16.7. The number of rotatable bonds is 4. The predicted octanol–water partition coefficient (Wildman–Crippen LogP) is 3.59. The first-order valence-corrected chi connectivity index (χ1v) is 7.49. The van der Waals surface area contributed by atoms with Crippen LogP contribution in [0.25, 0.3) is 0 Å². The molecule has 1 aromatic rings. The molecule has 0 aliphatic heterocycles. The van der Waals surface area contributed by atoms with E-state index in [1.165, 1.54) is 0 Å². The average Bonchev–Trinajstić information content (AvgIpc) is 2.54. The van der Waals surface area contributed by atoms with Gasteiger partial charge < -0.3 is 9.57 Å². The summed E-state index contributed by atoms with van der Waals surface area (Å²) in [7, 11) is 0. The SMILES string of the molecule is O=C(CC1CCC(F)(F)CC1)ONC(=O)OCc1ccccc1. The highest BCUT2D eigenvalue weighted by atomic mass is 19.3. The number of halogens is 2. The first kappa shape index (κ1) is 17.2. The smallest absolute Gasteiger partial charge is 0.441 e. The lowest BCUT2D eigenvalue weighted by molar-refractivity contribution is -0.152. The van der Waals surface area contributed by atoms with Crippen LogP contribution >= 0.6 is 0 Å². The summed E-state index contributed by atoms with van der Waals surface area (Å²) in [4.78, 5) is 27.6. The van der Waals surface area contributed by atoms with E-state index in [0.29, 0.717) is 0 Å². The number of benzene rings is 1. The standard InChI is InChI=1S/C16H19F2NO4/c17-16(18)8-6-12(7-9-16)10-14(20)23-19-15(21)22-11-13-4-2-1-3-5-13/h1-5,12H,6-11H2,(H,19,21). The molecular formula is C16H19F2NO4. The van der Waals surface area contributed by atoms with Crippen LogP contribution in [0.15, 0.2) is 30.3 Å². The highest BCUT2D eigenvalue weighted by Gasteiger charge is 2.35. The van der Waals surface area contributed by atoms with E-state index in [0.717, 1.165) is 5.56 Å². The van der Waals surface area contributed by atoms with Gasteiger partial charge in [0.15, 0.2) is 0 Å². The molecular weight excluding hydrogens is 308 g/mol. The zero-order valence-electron chi connectivity index (χ0n) is 12.6. The van der Waals surface area contributed by atoms with Crippen molar-refractivity contribution in [3.8, 4) is 0 Å². The minimum Gasteiger partial charge on any atom is -0.443 e. The molecule has 0 heterocycles. The van der Waals surface area contributed by atoms with Gasteiger partial charge in [0.25, 0.3) is 0 Å². The monoisotopic (exact) mass is 327 g/mol. The number of hydrogen-bond donors (Lipinski definition) is 1. The number of ether oxygens (including phenoxy) is 1. The number of alkyl halides is 2. The van der Waals surface area contributed by atoms with E-state index in [-0.39, 0.29) is 44.6 Å². The van der Waals surface area contributed by atoms with Crippen LogP contribution in [-0.4, -0.2) is 18.0 Å². The molecule has 5 nitrogen and oxygen atoms in total. The van der Waals surface area contributed by atoms with Crippen molar-refractivity contribution in [3.05, 3.63) is 35.9 Å². The molecule has 1 fully saturated rings. The fraction of sp³-hybridized carbons (Fsp3) is 0.500. The second-order valence-electron chi connectivity index (χ2n) is 5.64. The van der Waals surface area contributed by atoms with Crippen LogP contribution in [0, 0.1) is 5.92 Å². The Morgan fingerprint density at radius 1 is 1.17 bits per heavy atom. The van der Waals surface area contributed by atoms with Gasteiger partial charge in [0, 0.05) is 12.8 Å². The number of carbonyl (C=O) groups is 2. The maximum Gasteiger partial charge on any atom is 0.441 e. The van der Waals surface area contributed by atoms with Gasteiger partial charge in [0.2, 0.25) is 5.92 Å². The van der Waals surface area contributed by atoms with E-state index in [1.54, 1.807) is 12.1 Å². The van der Waals surface area contributed by atoms with Crippen molar-refractivity contribution in [3.63, 3.8) is 0 Å². The molecule has 0 aromatic heterocycles. The topological polar surface area (TPSA) is 64.6 Å². The summed E-state index contributed by atoms with van der Waals surface area (Å²) in [6.45, 7) is 0.0575. The number of hydrogen-bond acceptors (Lipinski definition) is 4. The minimum absolute atomic E-state index is 0.00897. The third-order valence-corrected chi connectivity index (χ3v) is 3.75. The van der Waals surface area contributed by atoms with Gasteiger partial charge >= 0.3 is 12.1 Å². The second kappa shape index (κ2) is 7.89. The molecule has 0 bridgehead atoms. The maximum absolute atomic E-state index is 13.0. The van der Waals surface area contributed by atoms with Gasteiger partial charge in [-0.3, -0.25) is 0 Å². The molecule has 1 N–H and O–H groups in total. The van der Waals surface area contributed by atoms with E-state index >= 15 is 0 Å². The molecule has 23 heavy (non-hydrogen) atoms. The van der Waals surface area contributed by atoms with Crippen LogP contribution in [-0.2, 0) is 21.0 Å². The van der Waals surface area contributed by atoms with E-state index in [4.69, 9.17) is 4.74 Å². The van der Waals surface area contributed by atoms with Crippen molar-refractivity contribution in [1.29, 1.82) is 0 Å². The van der Waals surface area contributed by atoms with Crippen LogP contribution in [0.1, 0.15) is 37.7 Å². The van der Waals surface area contributed by atoms with Crippen LogP contribution in [0.3, 0.4) is 0 Å². The summed E-state index contributed by atoms with van der Waals surface area (Å²) < 4.78 is 30.9. The van der Waals surface area contributed by atoms with E-state index in [9.17, 15) is 18.4 Å². The van der Waals surface area contributed by atoms with Crippen molar-refractivity contribution in [2.45, 2.75) is 44.6 Å². The zero-order valence-corrected chi connectivity index (χ0v) is 12.6. The van der Waals surface area contributed by atoms with Crippen molar-refractivity contribution >= 4 is 12.1 Å². The van der Waals surface area contributed by atoms with E-state index in [1.807, 2.05) is 23.7 Å². The molecule has 2 rings (SSSR count). The summed E-state index contributed by atoms with van der Waals surface area (Å²) in [5.74, 6) is -3.42. The Morgan fingerprint density at radius 3 is 2.48 bits per heavy atom. The highest BCUT2D eigenvalue weighted by Crippen LogP contribution is 2.37. The number of nitrogens with one attached hydrogen (secondary N) is 1. The van der Waals surface area contributed by atoms with Crippen LogP contribution < -0.4 is 5.48 Å². The Labute approximate surface area is 132 Å². The molecule has 1 saturated carbocycles.